The van der Waals surface area contributed by atoms with Crippen LogP contribution in [0.4, 0.5) is 5.69 Å². The van der Waals surface area contributed by atoms with Gasteiger partial charge in [0.25, 0.3) is 5.91 Å². The molecule has 2 fully saturated rings. The summed E-state index contributed by atoms with van der Waals surface area (Å²) in [5, 5.41) is 2.66. The summed E-state index contributed by atoms with van der Waals surface area (Å²) >= 11 is 5.19. The Kier molecular flexibility index (Phi) is 7.07. The SMILES string of the molecule is COc1ccc(N2C(=O)[C@H](C=NCCC[NH+]3CCOCC3)C(=O)NC2=S)cc1. The second-order valence-electron chi connectivity index (χ2n) is 6.66. The van der Waals surface area contributed by atoms with Crippen molar-refractivity contribution in [2.45, 2.75) is 6.42 Å². The van der Waals surface area contributed by atoms with Crippen LogP contribution in [-0.2, 0) is 14.3 Å². The van der Waals surface area contributed by atoms with Gasteiger partial charge in [-0.15, -0.1) is 0 Å². The van der Waals surface area contributed by atoms with Crippen LogP contribution in [0.5, 0.6) is 5.75 Å². The van der Waals surface area contributed by atoms with Gasteiger partial charge in [0.05, 0.1) is 32.6 Å². The van der Waals surface area contributed by atoms with Gasteiger partial charge in [-0.3, -0.25) is 19.5 Å². The quantitative estimate of drug-likeness (QED) is 0.275. The van der Waals surface area contributed by atoms with Crippen molar-refractivity contribution in [3.63, 3.8) is 0 Å². The fraction of sp³-hybridized carbons (Fsp3) is 0.474. The summed E-state index contributed by atoms with van der Waals surface area (Å²) in [6.07, 6.45) is 2.33. The van der Waals surface area contributed by atoms with Crippen LogP contribution in [0.1, 0.15) is 6.42 Å². The molecular formula is C19H25N4O4S+. The van der Waals surface area contributed by atoms with Crippen molar-refractivity contribution >= 4 is 41.0 Å². The third-order valence-corrected chi connectivity index (χ3v) is 5.09. The highest BCUT2D eigenvalue weighted by atomic mass is 32.1. The standard InChI is InChI=1S/C19H24N4O4S/c1-26-15-5-3-14(4-6-15)23-18(25)16(17(24)21-19(23)28)13-20-7-2-8-22-9-11-27-12-10-22/h3-6,13,16H,2,7-12H2,1H3,(H,21,24,28)/p+1/t16-/m1/s1. The molecule has 3 rings (SSSR count). The summed E-state index contributed by atoms with van der Waals surface area (Å²) in [6.45, 7) is 5.22. The van der Waals surface area contributed by atoms with Crippen LogP contribution >= 0.6 is 12.2 Å². The molecule has 2 aliphatic rings. The topological polar surface area (TPSA) is 84.7 Å². The van der Waals surface area contributed by atoms with Crippen LogP contribution in [0.2, 0.25) is 0 Å². The highest BCUT2D eigenvalue weighted by molar-refractivity contribution is 7.80. The Bertz CT molecular complexity index is 747. The predicted molar refractivity (Wildman–Crippen MR) is 109 cm³/mol. The maximum atomic E-state index is 12.8. The lowest BCUT2D eigenvalue weighted by molar-refractivity contribution is -0.908. The molecular weight excluding hydrogens is 380 g/mol. The lowest BCUT2D eigenvalue weighted by Gasteiger charge is -2.31. The lowest BCUT2D eigenvalue weighted by atomic mass is 10.1. The average Bonchev–Trinajstić information content (AvgIpc) is 2.71. The highest BCUT2D eigenvalue weighted by Gasteiger charge is 2.38. The van der Waals surface area contributed by atoms with Crippen molar-refractivity contribution in [3.8, 4) is 5.75 Å². The number of morpholine rings is 1. The first-order chi connectivity index (χ1) is 13.6. The molecule has 0 bridgehead atoms. The van der Waals surface area contributed by atoms with Crippen LogP contribution in [-0.4, -0.2) is 69.6 Å². The number of amides is 2. The Balaban J connectivity index is 1.59. The molecule has 0 radical (unpaired) electrons. The highest BCUT2D eigenvalue weighted by Crippen LogP contribution is 2.23. The molecule has 1 aromatic carbocycles. The maximum absolute atomic E-state index is 12.8. The zero-order valence-electron chi connectivity index (χ0n) is 15.8. The van der Waals surface area contributed by atoms with Gasteiger partial charge in [-0.05, 0) is 36.5 Å². The van der Waals surface area contributed by atoms with Crippen LogP contribution in [0.15, 0.2) is 29.3 Å². The van der Waals surface area contributed by atoms with Crippen molar-refractivity contribution in [2.75, 3.05) is 51.4 Å². The largest absolute Gasteiger partial charge is 0.497 e. The smallest absolute Gasteiger partial charge is 0.251 e. The van der Waals surface area contributed by atoms with E-state index in [1.165, 1.54) is 16.0 Å². The van der Waals surface area contributed by atoms with E-state index in [-0.39, 0.29) is 5.11 Å². The molecule has 8 nitrogen and oxygen atoms in total. The number of aliphatic imine (C=N–C) groups is 1. The average molecular weight is 406 g/mol. The molecule has 0 unspecified atom stereocenters. The number of anilines is 1. The minimum Gasteiger partial charge on any atom is -0.497 e. The summed E-state index contributed by atoms with van der Waals surface area (Å²) < 4.78 is 10.5. The number of ether oxygens (including phenoxy) is 2. The molecule has 0 aliphatic carbocycles. The van der Waals surface area contributed by atoms with Gasteiger partial charge in [0.1, 0.15) is 18.8 Å². The van der Waals surface area contributed by atoms with Crippen molar-refractivity contribution in [1.29, 1.82) is 0 Å². The second-order valence-corrected chi connectivity index (χ2v) is 7.05. The number of carbonyl (C=O) groups excluding carboxylic acids is 2. The Morgan fingerprint density at radius 3 is 2.71 bits per heavy atom. The molecule has 0 saturated carbocycles. The molecule has 2 amide bonds. The van der Waals surface area contributed by atoms with Crippen molar-refractivity contribution in [2.24, 2.45) is 10.9 Å². The van der Waals surface area contributed by atoms with E-state index < -0.39 is 17.7 Å². The number of carbonyl (C=O) groups is 2. The normalized spacial score (nSPS) is 21.2. The van der Waals surface area contributed by atoms with E-state index in [1.54, 1.807) is 31.4 Å². The number of thiocarbonyl (C=S) groups is 1. The third-order valence-electron chi connectivity index (χ3n) is 4.80. The molecule has 150 valence electrons. The third kappa shape index (κ3) is 4.92. The first-order valence-electron chi connectivity index (χ1n) is 9.34. The Morgan fingerprint density at radius 2 is 2.04 bits per heavy atom. The van der Waals surface area contributed by atoms with E-state index in [0.29, 0.717) is 18.0 Å². The van der Waals surface area contributed by atoms with Crippen LogP contribution < -0.4 is 19.9 Å². The van der Waals surface area contributed by atoms with Crippen LogP contribution in [0, 0.1) is 5.92 Å². The summed E-state index contributed by atoms with van der Waals surface area (Å²) in [7, 11) is 1.57. The number of benzene rings is 1. The summed E-state index contributed by atoms with van der Waals surface area (Å²) in [5.41, 5.74) is 0.574. The summed E-state index contributed by atoms with van der Waals surface area (Å²) in [4.78, 5) is 32.2. The van der Waals surface area contributed by atoms with Crippen molar-refractivity contribution in [3.05, 3.63) is 24.3 Å². The molecule has 2 N–H and O–H groups in total. The Labute approximate surface area is 169 Å². The first-order valence-corrected chi connectivity index (χ1v) is 9.75. The number of methoxy groups -OCH3 is 1. The summed E-state index contributed by atoms with van der Waals surface area (Å²) in [5.74, 6) is -1.16. The van der Waals surface area contributed by atoms with E-state index in [2.05, 4.69) is 10.3 Å². The van der Waals surface area contributed by atoms with Crippen LogP contribution in [0.3, 0.4) is 0 Å². The Hall–Kier alpha value is -2.36. The van der Waals surface area contributed by atoms with Gasteiger partial charge in [0.15, 0.2) is 11.0 Å². The molecule has 0 aromatic heterocycles. The fourth-order valence-corrected chi connectivity index (χ4v) is 3.50. The molecule has 9 heteroatoms. The van der Waals surface area contributed by atoms with E-state index in [1.807, 2.05) is 0 Å². The molecule has 0 spiro atoms. The van der Waals surface area contributed by atoms with E-state index in [0.717, 1.165) is 39.3 Å². The maximum Gasteiger partial charge on any atom is 0.251 e. The molecule has 28 heavy (non-hydrogen) atoms. The monoisotopic (exact) mass is 405 g/mol. The molecule has 1 atom stereocenters. The van der Waals surface area contributed by atoms with Gasteiger partial charge in [-0.25, -0.2) is 0 Å². The van der Waals surface area contributed by atoms with Gasteiger partial charge in [0, 0.05) is 19.2 Å². The number of nitrogens with one attached hydrogen (secondary N) is 2. The fourth-order valence-electron chi connectivity index (χ4n) is 3.21. The minimum atomic E-state index is -0.982. The number of hydrogen-bond acceptors (Lipinski definition) is 6. The zero-order valence-corrected chi connectivity index (χ0v) is 16.7. The minimum absolute atomic E-state index is 0.0701. The van der Waals surface area contributed by atoms with Crippen molar-refractivity contribution in [1.82, 2.24) is 5.32 Å². The first kappa shape index (κ1) is 20.4. The van der Waals surface area contributed by atoms with Gasteiger partial charge in [-0.1, -0.05) is 0 Å². The summed E-state index contributed by atoms with van der Waals surface area (Å²) in [6, 6.07) is 6.91. The number of rotatable bonds is 7. The van der Waals surface area contributed by atoms with Crippen LogP contribution in [0.25, 0.3) is 0 Å². The van der Waals surface area contributed by atoms with E-state index in [9.17, 15) is 9.59 Å². The van der Waals surface area contributed by atoms with Crippen molar-refractivity contribution < 1.29 is 24.0 Å². The number of quaternary nitrogens is 1. The van der Waals surface area contributed by atoms with E-state index >= 15 is 0 Å². The molecule has 2 aliphatic heterocycles. The van der Waals surface area contributed by atoms with Gasteiger partial charge < -0.3 is 19.7 Å². The molecule has 2 saturated heterocycles. The number of hydrogen-bond donors (Lipinski definition) is 2. The van der Waals surface area contributed by atoms with Gasteiger partial charge in [-0.2, -0.15) is 0 Å². The van der Waals surface area contributed by atoms with E-state index in [4.69, 9.17) is 21.7 Å². The number of nitrogens with zero attached hydrogens (tertiary/aromatic N) is 2. The predicted octanol–water partition coefficient (Wildman–Crippen LogP) is -0.565. The lowest BCUT2D eigenvalue weighted by Crippen LogP contribution is -3.14. The molecule has 1 aromatic rings. The van der Waals surface area contributed by atoms with Gasteiger partial charge >= 0.3 is 0 Å². The van der Waals surface area contributed by atoms with Gasteiger partial charge in [0.2, 0.25) is 5.91 Å². The molecule has 2 heterocycles. The second kappa shape index (κ2) is 9.72. The zero-order chi connectivity index (χ0) is 19.9. The Morgan fingerprint density at radius 1 is 1.32 bits per heavy atom.